The Morgan fingerprint density at radius 3 is 2.45 bits per heavy atom. The van der Waals surface area contributed by atoms with Crippen molar-refractivity contribution in [2.45, 2.75) is 0 Å². The third-order valence-electron chi connectivity index (χ3n) is 1.89. The van der Waals surface area contributed by atoms with Crippen LogP contribution in [0.25, 0.3) is 0 Å². The van der Waals surface area contributed by atoms with Gasteiger partial charge in [0.2, 0.25) is 0 Å². The minimum Gasteiger partial charge on any atom is -0.304 e. The van der Waals surface area contributed by atoms with Crippen LogP contribution < -0.4 is 0 Å². The van der Waals surface area contributed by atoms with Crippen molar-refractivity contribution >= 4 is 5.94 Å². The van der Waals surface area contributed by atoms with Crippen LogP contribution in [-0.2, 0) is 4.79 Å². The quantitative estimate of drug-likeness (QED) is 0.513. The molecule has 0 atom stereocenters. The van der Waals surface area contributed by atoms with Gasteiger partial charge in [0.25, 0.3) is 0 Å². The highest BCUT2D eigenvalue weighted by Gasteiger charge is 2.11. The zero-order chi connectivity index (χ0) is 8.10. The molecule has 3 heteroatoms. The predicted octanol–water partition coefficient (Wildman–Crippen LogP) is -0.217. The molecule has 0 aromatic heterocycles. The normalized spacial score (nSPS) is 21.2. The zero-order valence-corrected chi connectivity index (χ0v) is 6.79. The largest absolute Gasteiger partial charge is 0.304 e. The van der Waals surface area contributed by atoms with Crippen molar-refractivity contribution in [3.63, 3.8) is 0 Å². The fourth-order valence-corrected chi connectivity index (χ4v) is 1.11. The van der Waals surface area contributed by atoms with E-state index in [0.717, 1.165) is 26.2 Å². The van der Waals surface area contributed by atoms with Gasteiger partial charge in [-0.3, -0.25) is 4.90 Å². The van der Waals surface area contributed by atoms with Gasteiger partial charge in [0.1, 0.15) is 5.94 Å². The van der Waals surface area contributed by atoms with Crippen molar-refractivity contribution in [2.75, 3.05) is 33.2 Å². The first-order chi connectivity index (χ1) is 5.33. The number of likely N-dealkylation sites (N-methyl/N-ethyl adjacent to an activating group) is 1. The molecule has 0 N–H and O–H groups in total. The van der Waals surface area contributed by atoms with Crippen LogP contribution in [0.15, 0.2) is 6.08 Å². The molecule has 0 aromatic rings. The second-order valence-electron chi connectivity index (χ2n) is 2.77. The van der Waals surface area contributed by atoms with Crippen LogP contribution in [0.5, 0.6) is 0 Å². The van der Waals surface area contributed by atoms with Crippen molar-refractivity contribution in [1.29, 1.82) is 0 Å². The second-order valence-corrected chi connectivity index (χ2v) is 2.77. The molecule has 0 aliphatic carbocycles. The maximum atomic E-state index is 9.86. The fraction of sp³-hybridized carbons (Fsp3) is 0.625. The van der Waals surface area contributed by atoms with Crippen LogP contribution in [0.2, 0.25) is 0 Å². The van der Waals surface area contributed by atoms with E-state index in [4.69, 9.17) is 0 Å². The van der Waals surface area contributed by atoms with E-state index in [-0.39, 0.29) is 0 Å². The third-order valence-corrected chi connectivity index (χ3v) is 1.89. The molecular weight excluding hydrogens is 140 g/mol. The van der Waals surface area contributed by atoms with Gasteiger partial charge in [0.15, 0.2) is 0 Å². The molecule has 1 heterocycles. The van der Waals surface area contributed by atoms with Crippen molar-refractivity contribution in [2.24, 2.45) is 0 Å². The first-order valence-electron chi connectivity index (χ1n) is 3.80. The summed E-state index contributed by atoms with van der Waals surface area (Å²) in [5.41, 5.74) is 0. The fourth-order valence-electron chi connectivity index (χ4n) is 1.11. The third kappa shape index (κ3) is 2.85. The first-order valence-corrected chi connectivity index (χ1v) is 3.80. The molecule has 61 valence electrons. The van der Waals surface area contributed by atoms with Gasteiger partial charge in [-0.25, -0.2) is 4.79 Å². The van der Waals surface area contributed by atoms with Gasteiger partial charge in [-0.2, -0.15) is 0 Å². The van der Waals surface area contributed by atoms with E-state index in [9.17, 15) is 4.79 Å². The lowest BCUT2D eigenvalue weighted by Crippen LogP contribution is -2.42. The van der Waals surface area contributed by atoms with Gasteiger partial charge >= 0.3 is 0 Å². The van der Waals surface area contributed by atoms with E-state index < -0.39 is 0 Å². The zero-order valence-electron chi connectivity index (χ0n) is 6.79. The predicted molar refractivity (Wildman–Crippen MR) is 43.6 cm³/mol. The number of piperazine rings is 1. The number of hydrogen-bond donors (Lipinski definition) is 0. The molecule has 0 amide bonds. The molecule has 1 aliphatic rings. The lowest BCUT2D eigenvalue weighted by Gasteiger charge is -2.30. The molecule has 3 nitrogen and oxygen atoms in total. The average Bonchev–Trinajstić information content (AvgIpc) is 2.04. The van der Waals surface area contributed by atoms with Crippen LogP contribution in [0.4, 0.5) is 0 Å². The van der Waals surface area contributed by atoms with Crippen molar-refractivity contribution in [1.82, 2.24) is 9.80 Å². The van der Waals surface area contributed by atoms with E-state index in [1.54, 1.807) is 12.5 Å². The molecule has 1 rings (SSSR count). The van der Waals surface area contributed by atoms with Crippen molar-refractivity contribution in [3.8, 4) is 0 Å². The molecule has 0 aromatic carbocycles. The molecule has 0 spiro atoms. The van der Waals surface area contributed by atoms with Gasteiger partial charge in [-0.05, 0) is 7.05 Å². The molecule has 0 bridgehead atoms. The molecular formula is C8H13N2O. The second kappa shape index (κ2) is 4.29. The molecule has 11 heavy (non-hydrogen) atoms. The van der Waals surface area contributed by atoms with E-state index in [2.05, 4.69) is 16.8 Å². The summed E-state index contributed by atoms with van der Waals surface area (Å²) in [6.45, 7) is 5.97. The highest BCUT2D eigenvalue weighted by molar-refractivity contribution is 5.47. The molecule has 1 fully saturated rings. The van der Waals surface area contributed by atoms with Crippen LogP contribution >= 0.6 is 0 Å². The summed E-state index contributed by atoms with van der Waals surface area (Å²) in [6.07, 6.45) is 1.42. The maximum absolute atomic E-state index is 9.86. The van der Waals surface area contributed by atoms with Gasteiger partial charge < -0.3 is 4.90 Å². The SMILES string of the molecule is CN1CCN([CH]C=C=O)CC1. The Kier molecular flexibility index (Phi) is 3.30. The standard InChI is InChI=1S/C8H13N2O/c1-9-4-6-10(7-5-9)3-2-8-11/h2-3H,4-7H2,1H3. The van der Waals surface area contributed by atoms with Crippen LogP contribution in [0.3, 0.4) is 0 Å². The Labute approximate surface area is 67.3 Å². The molecule has 0 unspecified atom stereocenters. The monoisotopic (exact) mass is 153 g/mol. The topological polar surface area (TPSA) is 23.6 Å². The lowest BCUT2D eigenvalue weighted by molar-refractivity contribution is 0.187. The van der Waals surface area contributed by atoms with E-state index in [0.29, 0.717) is 0 Å². The van der Waals surface area contributed by atoms with Gasteiger partial charge in [0, 0.05) is 32.3 Å². The van der Waals surface area contributed by atoms with E-state index >= 15 is 0 Å². The Morgan fingerprint density at radius 2 is 1.91 bits per heavy atom. The van der Waals surface area contributed by atoms with Crippen LogP contribution in [0, 0.1) is 6.54 Å². The van der Waals surface area contributed by atoms with E-state index in [1.807, 2.05) is 0 Å². The summed E-state index contributed by atoms with van der Waals surface area (Å²) in [7, 11) is 2.10. The number of carbonyl (C=O) groups excluding carboxylic acids is 1. The number of nitrogens with zero attached hydrogens (tertiary/aromatic N) is 2. The van der Waals surface area contributed by atoms with Gasteiger partial charge in [-0.15, -0.1) is 0 Å². The highest BCUT2D eigenvalue weighted by atomic mass is 16.1. The van der Waals surface area contributed by atoms with Gasteiger partial charge in [-0.1, -0.05) is 0 Å². The van der Waals surface area contributed by atoms with Gasteiger partial charge in [0.05, 0.1) is 6.54 Å². The molecule has 0 saturated carbocycles. The molecule has 1 saturated heterocycles. The summed E-state index contributed by atoms with van der Waals surface area (Å²) in [5, 5.41) is 0. The molecule has 1 radical (unpaired) electrons. The first kappa shape index (κ1) is 8.47. The van der Waals surface area contributed by atoms with Crippen LogP contribution in [-0.4, -0.2) is 49.0 Å². The van der Waals surface area contributed by atoms with Crippen molar-refractivity contribution in [3.05, 3.63) is 12.6 Å². The highest BCUT2D eigenvalue weighted by Crippen LogP contribution is 2.00. The van der Waals surface area contributed by atoms with E-state index in [1.165, 1.54) is 6.08 Å². The Morgan fingerprint density at radius 1 is 1.27 bits per heavy atom. The summed E-state index contributed by atoms with van der Waals surface area (Å²) < 4.78 is 0. The Hall–Kier alpha value is -0.630. The summed E-state index contributed by atoms with van der Waals surface area (Å²) in [4.78, 5) is 14.3. The summed E-state index contributed by atoms with van der Waals surface area (Å²) in [6, 6.07) is 0. The smallest absolute Gasteiger partial charge is 0.121 e. The minimum absolute atomic E-state index is 1.01. The molecule has 1 aliphatic heterocycles. The van der Waals surface area contributed by atoms with Crippen molar-refractivity contribution < 1.29 is 4.79 Å². The Balaban J connectivity index is 2.22. The lowest BCUT2D eigenvalue weighted by atomic mass is 10.3. The summed E-state index contributed by atoms with van der Waals surface area (Å²) in [5.74, 6) is 1.74. The van der Waals surface area contributed by atoms with Crippen LogP contribution in [0.1, 0.15) is 0 Å². The number of hydrogen-bond acceptors (Lipinski definition) is 3. The number of rotatable bonds is 2. The minimum atomic E-state index is 1.01. The Bertz CT molecular complexity index is 155. The maximum Gasteiger partial charge on any atom is 0.121 e. The summed E-state index contributed by atoms with van der Waals surface area (Å²) >= 11 is 0. The average molecular weight is 153 g/mol.